The molecular formula is C13H17BrO. The number of rotatable bonds is 4. The quantitative estimate of drug-likeness (QED) is 0.758. The largest absolute Gasteiger partial charge is 0.497 e. The van der Waals surface area contributed by atoms with Gasteiger partial charge in [0.05, 0.1) is 7.11 Å². The molecule has 2 unspecified atom stereocenters. The van der Waals surface area contributed by atoms with E-state index in [2.05, 4.69) is 35.0 Å². The van der Waals surface area contributed by atoms with Gasteiger partial charge in [0.25, 0.3) is 0 Å². The highest BCUT2D eigenvalue weighted by atomic mass is 79.9. The van der Waals surface area contributed by atoms with E-state index in [1.54, 1.807) is 7.11 Å². The van der Waals surface area contributed by atoms with Gasteiger partial charge in [0.2, 0.25) is 0 Å². The molecule has 0 aliphatic heterocycles. The molecular weight excluding hydrogens is 252 g/mol. The molecule has 0 saturated heterocycles. The smallest absolute Gasteiger partial charge is 0.118 e. The summed E-state index contributed by atoms with van der Waals surface area (Å²) in [5.41, 5.74) is 1.94. The highest BCUT2D eigenvalue weighted by Crippen LogP contribution is 2.55. The maximum Gasteiger partial charge on any atom is 0.118 e. The van der Waals surface area contributed by atoms with Gasteiger partial charge in [0.15, 0.2) is 0 Å². The molecule has 1 aliphatic carbocycles. The van der Waals surface area contributed by atoms with Gasteiger partial charge in [0.1, 0.15) is 5.75 Å². The molecule has 2 heteroatoms. The Kier molecular flexibility index (Phi) is 3.06. The summed E-state index contributed by atoms with van der Waals surface area (Å²) >= 11 is 3.57. The van der Waals surface area contributed by atoms with E-state index in [1.165, 1.54) is 18.4 Å². The summed E-state index contributed by atoms with van der Waals surface area (Å²) in [6, 6.07) is 8.44. The third kappa shape index (κ3) is 2.36. The first-order valence-corrected chi connectivity index (χ1v) is 6.49. The Morgan fingerprint density at radius 1 is 1.40 bits per heavy atom. The molecule has 2 atom stereocenters. The van der Waals surface area contributed by atoms with Gasteiger partial charge in [-0.15, -0.1) is 0 Å². The molecule has 0 heterocycles. The summed E-state index contributed by atoms with van der Waals surface area (Å²) in [7, 11) is 1.71. The first kappa shape index (κ1) is 11.0. The van der Waals surface area contributed by atoms with E-state index in [1.807, 2.05) is 12.1 Å². The summed E-state index contributed by atoms with van der Waals surface area (Å²) in [6.07, 6.45) is 2.54. The number of benzene rings is 1. The maximum atomic E-state index is 5.15. The van der Waals surface area contributed by atoms with Gasteiger partial charge in [-0.25, -0.2) is 0 Å². The van der Waals surface area contributed by atoms with Crippen LogP contribution in [-0.4, -0.2) is 12.4 Å². The van der Waals surface area contributed by atoms with Crippen LogP contribution in [0.15, 0.2) is 24.3 Å². The molecule has 0 radical (unpaired) electrons. The van der Waals surface area contributed by atoms with Crippen LogP contribution in [0.25, 0.3) is 0 Å². The Morgan fingerprint density at radius 3 is 2.53 bits per heavy atom. The Balaban J connectivity index is 2.00. The fraction of sp³-hybridized carbons (Fsp3) is 0.538. The molecule has 1 aromatic rings. The Hall–Kier alpha value is -0.500. The van der Waals surface area contributed by atoms with Gasteiger partial charge in [0, 0.05) is 5.33 Å². The first-order chi connectivity index (χ1) is 7.18. The van der Waals surface area contributed by atoms with Crippen molar-refractivity contribution in [3.8, 4) is 5.75 Å². The Bertz CT molecular complexity index is 333. The molecule has 0 amide bonds. The molecule has 1 saturated carbocycles. The third-order valence-electron chi connectivity index (χ3n) is 3.49. The Labute approximate surface area is 100.0 Å². The van der Waals surface area contributed by atoms with Crippen molar-refractivity contribution in [1.82, 2.24) is 0 Å². The first-order valence-electron chi connectivity index (χ1n) is 5.37. The van der Waals surface area contributed by atoms with Crippen LogP contribution in [-0.2, 0) is 6.42 Å². The van der Waals surface area contributed by atoms with Crippen LogP contribution in [0.2, 0.25) is 0 Å². The van der Waals surface area contributed by atoms with E-state index in [4.69, 9.17) is 4.74 Å². The van der Waals surface area contributed by atoms with Gasteiger partial charge < -0.3 is 4.74 Å². The minimum Gasteiger partial charge on any atom is -0.497 e. The molecule has 1 nitrogen and oxygen atoms in total. The van der Waals surface area contributed by atoms with E-state index in [9.17, 15) is 0 Å². The molecule has 15 heavy (non-hydrogen) atoms. The van der Waals surface area contributed by atoms with Crippen molar-refractivity contribution < 1.29 is 4.74 Å². The number of alkyl halides is 1. The molecule has 1 fully saturated rings. The lowest BCUT2D eigenvalue weighted by atomic mass is 9.96. The number of methoxy groups -OCH3 is 1. The van der Waals surface area contributed by atoms with E-state index >= 15 is 0 Å². The van der Waals surface area contributed by atoms with E-state index in [0.29, 0.717) is 5.41 Å². The molecule has 82 valence electrons. The van der Waals surface area contributed by atoms with Crippen LogP contribution in [0.5, 0.6) is 5.75 Å². The van der Waals surface area contributed by atoms with Crippen LogP contribution in [0.1, 0.15) is 18.9 Å². The van der Waals surface area contributed by atoms with Gasteiger partial charge in [-0.05, 0) is 41.9 Å². The summed E-state index contributed by atoms with van der Waals surface area (Å²) in [5.74, 6) is 1.80. The van der Waals surface area contributed by atoms with Crippen LogP contribution in [0.4, 0.5) is 0 Å². The molecule has 0 N–H and O–H groups in total. The average molecular weight is 269 g/mol. The molecule has 2 rings (SSSR count). The van der Waals surface area contributed by atoms with Gasteiger partial charge in [-0.1, -0.05) is 35.0 Å². The predicted molar refractivity (Wildman–Crippen MR) is 66.7 cm³/mol. The summed E-state index contributed by atoms with van der Waals surface area (Å²) in [5, 5.41) is 1.14. The second-order valence-electron chi connectivity index (χ2n) is 4.73. The monoisotopic (exact) mass is 268 g/mol. The molecule has 1 aliphatic rings. The number of hydrogen-bond donors (Lipinski definition) is 0. The zero-order chi connectivity index (χ0) is 10.9. The molecule has 0 spiro atoms. The zero-order valence-corrected chi connectivity index (χ0v) is 10.9. The van der Waals surface area contributed by atoms with E-state index < -0.39 is 0 Å². The predicted octanol–water partition coefficient (Wildman–Crippen LogP) is 3.66. The fourth-order valence-electron chi connectivity index (χ4n) is 2.17. The minimum absolute atomic E-state index is 0.526. The molecule has 1 aromatic carbocycles. The lowest BCUT2D eigenvalue weighted by Crippen LogP contribution is -2.03. The van der Waals surface area contributed by atoms with Crippen molar-refractivity contribution in [2.24, 2.45) is 11.3 Å². The van der Waals surface area contributed by atoms with Crippen LogP contribution >= 0.6 is 15.9 Å². The minimum atomic E-state index is 0.526. The third-order valence-corrected chi connectivity index (χ3v) is 4.27. The highest BCUT2D eigenvalue weighted by Gasteiger charge is 2.48. The summed E-state index contributed by atoms with van der Waals surface area (Å²) < 4.78 is 5.15. The normalized spacial score (nSPS) is 28.9. The molecule has 0 bridgehead atoms. The van der Waals surface area contributed by atoms with Gasteiger partial charge in [-0.2, -0.15) is 0 Å². The van der Waals surface area contributed by atoms with Gasteiger partial charge >= 0.3 is 0 Å². The highest BCUT2D eigenvalue weighted by molar-refractivity contribution is 9.09. The molecule has 0 aromatic heterocycles. The number of halogens is 1. The van der Waals surface area contributed by atoms with Crippen molar-refractivity contribution in [1.29, 1.82) is 0 Å². The zero-order valence-electron chi connectivity index (χ0n) is 9.29. The lowest BCUT2D eigenvalue weighted by molar-refractivity contribution is 0.414. The van der Waals surface area contributed by atoms with Crippen LogP contribution in [0, 0.1) is 11.3 Å². The standard InChI is InChI=1S/C13H17BrO/c1-13(8-11(13)9-14)7-10-3-5-12(15-2)6-4-10/h3-6,11H,7-9H2,1-2H3. The van der Waals surface area contributed by atoms with Crippen LogP contribution in [0.3, 0.4) is 0 Å². The second-order valence-corrected chi connectivity index (χ2v) is 5.38. The van der Waals surface area contributed by atoms with Crippen molar-refractivity contribution in [2.75, 3.05) is 12.4 Å². The van der Waals surface area contributed by atoms with Crippen molar-refractivity contribution in [3.63, 3.8) is 0 Å². The average Bonchev–Trinajstić information content (AvgIpc) is 2.90. The van der Waals surface area contributed by atoms with Gasteiger partial charge in [-0.3, -0.25) is 0 Å². The number of hydrogen-bond acceptors (Lipinski definition) is 1. The summed E-state index contributed by atoms with van der Waals surface area (Å²) in [4.78, 5) is 0. The fourth-order valence-corrected chi connectivity index (χ4v) is 3.18. The lowest BCUT2D eigenvalue weighted by Gasteiger charge is -2.10. The van der Waals surface area contributed by atoms with Crippen LogP contribution < -0.4 is 4.74 Å². The van der Waals surface area contributed by atoms with Crippen molar-refractivity contribution in [2.45, 2.75) is 19.8 Å². The maximum absolute atomic E-state index is 5.15. The second kappa shape index (κ2) is 4.17. The van der Waals surface area contributed by atoms with Crippen molar-refractivity contribution >= 4 is 15.9 Å². The van der Waals surface area contributed by atoms with E-state index in [-0.39, 0.29) is 0 Å². The number of ether oxygens (including phenoxy) is 1. The summed E-state index contributed by atoms with van der Waals surface area (Å²) in [6.45, 7) is 2.38. The van der Waals surface area contributed by atoms with Crippen molar-refractivity contribution in [3.05, 3.63) is 29.8 Å². The van der Waals surface area contributed by atoms with E-state index in [0.717, 1.165) is 17.0 Å². The SMILES string of the molecule is COc1ccc(CC2(C)CC2CBr)cc1. The Morgan fingerprint density at radius 2 is 2.07 bits per heavy atom. The topological polar surface area (TPSA) is 9.23 Å².